The van der Waals surface area contributed by atoms with Crippen LogP contribution in [0.15, 0.2) is 36.4 Å². The van der Waals surface area contributed by atoms with Gasteiger partial charge < -0.3 is 4.74 Å². The second-order valence-corrected chi connectivity index (χ2v) is 5.51. The molecule has 0 atom stereocenters. The first-order valence-corrected chi connectivity index (χ1v) is 7.09. The first-order chi connectivity index (χ1) is 9.22. The second kappa shape index (κ2) is 5.08. The molecule has 0 heterocycles. The monoisotopic (exact) mass is 252 g/mol. The fraction of sp³-hybridized carbons (Fsp3) is 0.333. The lowest BCUT2D eigenvalue weighted by Crippen LogP contribution is -2.02. The van der Waals surface area contributed by atoms with Crippen molar-refractivity contribution in [3.8, 4) is 11.5 Å². The largest absolute Gasteiger partial charge is 0.457 e. The average Bonchev–Trinajstić information content (AvgIpc) is 2.42. The van der Waals surface area contributed by atoms with Crippen LogP contribution < -0.4 is 4.74 Å². The Bertz CT molecular complexity index is 599. The van der Waals surface area contributed by atoms with Crippen LogP contribution in [0.1, 0.15) is 35.1 Å². The van der Waals surface area contributed by atoms with Crippen LogP contribution in [0.25, 0.3) is 0 Å². The van der Waals surface area contributed by atoms with Gasteiger partial charge in [0.2, 0.25) is 0 Å². The number of fused-ring (bicyclic) bond motifs is 1. The standard InChI is InChI=1S/C18H20O/c1-13-7-10-18(14(2)11-13)19-17-9-8-15-5-3-4-6-16(15)12-17/h7-12H,3-6H2,1-2H3. The van der Waals surface area contributed by atoms with Gasteiger partial charge in [0.05, 0.1) is 0 Å². The van der Waals surface area contributed by atoms with Gasteiger partial charge in [0.25, 0.3) is 0 Å². The Balaban J connectivity index is 1.87. The van der Waals surface area contributed by atoms with Crippen LogP contribution in [0.5, 0.6) is 11.5 Å². The summed E-state index contributed by atoms with van der Waals surface area (Å²) in [6.07, 6.45) is 5.04. The van der Waals surface area contributed by atoms with Gasteiger partial charge in [-0.25, -0.2) is 0 Å². The summed E-state index contributed by atoms with van der Waals surface area (Å²) in [6.45, 7) is 4.20. The maximum absolute atomic E-state index is 6.03. The van der Waals surface area contributed by atoms with Crippen molar-refractivity contribution in [2.75, 3.05) is 0 Å². The molecule has 0 saturated carbocycles. The summed E-state index contributed by atoms with van der Waals surface area (Å²) >= 11 is 0. The third-order valence-corrected chi connectivity index (χ3v) is 3.88. The molecule has 0 fully saturated rings. The Kier molecular flexibility index (Phi) is 3.29. The minimum absolute atomic E-state index is 0.960. The molecule has 0 aromatic heterocycles. The molecule has 98 valence electrons. The van der Waals surface area contributed by atoms with E-state index in [1.54, 1.807) is 0 Å². The molecule has 1 nitrogen and oxygen atoms in total. The smallest absolute Gasteiger partial charge is 0.130 e. The van der Waals surface area contributed by atoms with E-state index in [4.69, 9.17) is 4.74 Å². The summed E-state index contributed by atoms with van der Waals surface area (Å²) in [5.41, 5.74) is 5.43. The lowest BCUT2D eigenvalue weighted by atomic mass is 9.92. The Hall–Kier alpha value is -1.76. The molecular formula is C18H20O. The quantitative estimate of drug-likeness (QED) is 0.733. The topological polar surface area (TPSA) is 9.23 Å². The van der Waals surface area contributed by atoms with E-state index in [0.29, 0.717) is 0 Å². The van der Waals surface area contributed by atoms with Crippen LogP contribution in [-0.2, 0) is 12.8 Å². The Morgan fingerprint density at radius 3 is 2.42 bits per heavy atom. The van der Waals surface area contributed by atoms with E-state index in [-0.39, 0.29) is 0 Å². The number of benzene rings is 2. The van der Waals surface area contributed by atoms with Crippen molar-refractivity contribution in [1.82, 2.24) is 0 Å². The minimum atomic E-state index is 0.960. The number of hydrogen-bond acceptors (Lipinski definition) is 1. The highest BCUT2D eigenvalue weighted by atomic mass is 16.5. The SMILES string of the molecule is Cc1ccc(Oc2ccc3c(c2)CCCC3)c(C)c1. The zero-order valence-corrected chi connectivity index (χ0v) is 11.7. The van der Waals surface area contributed by atoms with Gasteiger partial charge in [0, 0.05) is 0 Å². The van der Waals surface area contributed by atoms with Gasteiger partial charge >= 0.3 is 0 Å². The van der Waals surface area contributed by atoms with Crippen molar-refractivity contribution < 1.29 is 4.74 Å². The molecule has 0 radical (unpaired) electrons. The molecule has 2 aromatic rings. The van der Waals surface area contributed by atoms with Crippen LogP contribution in [0.2, 0.25) is 0 Å². The van der Waals surface area contributed by atoms with Crippen molar-refractivity contribution in [2.45, 2.75) is 39.5 Å². The molecule has 0 aliphatic heterocycles. The highest BCUT2D eigenvalue weighted by Crippen LogP contribution is 2.30. The highest BCUT2D eigenvalue weighted by molar-refractivity contribution is 5.42. The van der Waals surface area contributed by atoms with Crippen molar-refractivity contribution in [3.63, 3.8) is 0 Å². The third kappa shape index (κ3) is 2.65. The first kappa shape index (κ1) is 12.3. The maximum Gasteiger partial charge on any atom is 0.130 e. The zero-order chi connectivity index (χ0) is 13.2. The average molecular weight is 252 g/mol. The van der Waals surface area contributed by atoms with Crippen molar-refractivity contribution in [1.29, 1.82) is 0 Å². The predicted molar refractivity (Wildman–Crippen MR) is 79.1 cm³/mol. The van der Waals surface area contributed by atoms with E-state index in [2.05, 4.69) is 50.2 Å². The second-order valence-electron chi connectivity index (χ2n) is 5.51. The van der Waals surface area contributed by atoms with Gasteiger partial charge in [0.15, 0.2) is 0 Å². The summed E-state index contributed by atoms with van der Waals surface area (Å²) in [6, 6.07) is 12.9. The Labute approximate surface area is 115 Å². The van der Waals surface area contributed by atoms with E-state index in [1.165, 1.54) is 47.9 Å². The summed E-state index contributed by atoms with van der Waals surface area (Å²) in [5, 5.41) is 0. The molecule has 0 bridgehead atoms. The Morgan fingerprint density at radius 2 is 1.63 bits per heavy atom. The molecule has 0 unspecified atom stereocenters. The summed E-state index contributed by atoms with van der Waals surface area (Å²) < 4.78 is 6.03. The molecule has 3 rings (SSSR count). The minimum Gasteiger partial charge on any atom is -0.457 e. The molecule has 0 N–H and O–H groups in total. The number of hydrogen-bond donors (Lipinski definition) is 0. The fourth-order valence-electron chi connectivity index (χ4n) is 2.81. The first-order valence-electron chi connectivity index (χ1n) is 7.09. The van der Waals surface area contributed by atoms with Crippen LogP contribution in [-0.4, -0.2) is 0 Å². The molecule has 0 saturated heterocycles. The van der Waals surface area contributed by atoms with Gasteiger partial charge in [-0.1, -0.05) is 23.8 Å². The third-order valence-electron chi connectivity index (χ3n) is 3.88. The fourth-order valence-corrected chi connectivity index (χ4v) is 2.81. The molecule has 2 aromatic carbocycles. The summed E-state index contributed by atoms with van der Waals surface area (Å²) in [7, 11) is 0. The number of aryl methyl sites for hydroxylation is 4. The van der Waals surface area contributed by atoms with Crippen molar-refractivity contribution in [2.24, 2.45) is 0 Å². The molecule has 1 heteroatoms. The highest BCUT2D eigenvalue weighted by Gasteiger charge is 2.10. The van der Waals surface area contributed by atoms with E-state index in [9.17, 15) is 0 Å². The van der Waals surface area contributed by atoms with Crippen LogP contribution in [0, 0.1) is 13.8 Å². The van der Waals surface area contributed by atoms with E-state index in [1.807, 2.05) is 0 Å². The van der Waals surface area contributed by atoms with Gasteiger partial charge in [0.1, 0.15) is 11.5 Å². The molecule has 1 aliphatic rings. The van der Waals surface area contributed by atoms with Gasteiger partial charge in [-0.2, -0.15) is 0 Å². The molecule has 0 amide bonds. The summed E-state index contributed by atoms with van der Waals surface area (Å²) in [5.74, 6) is 1.92. The zero-order valence-electron chi connectivity index (χ0n) is 11.7. The van der Waals surface area contributed by atoms with Gasteiger partial charge in [-0.3, -0.25) is 0 Å². The molecule has 0 spiro atoms. The summed E-state index contributed by atoms with van der Waals surface area (Å²) in [4.78, 5) is 0. The Morgan fingerprint density at radius 1 is 0.842 bits per heavy atom. The van der Waals surface area contributed by atoms with Crippen molar-refractivity contribution >= 4 is 0 Å². The lowest BCUT2D eigenvalue weighted by Gasteiger charge is -2.17. The van der Waals surface area contributed by atoms with E-state index >= 15 is 0 Å². The number of ether oxygens (including phenoxy) is 1. The van der Waals surface area contributed by atoms with Gasteiger partial charge in [-0.15, -0.1) is 0 Å². The van der Waals surface area contributed by atoms with Crippen LogP contribution in [0.3, 0.4) is 0 Å². The normalized spacial score (nSPS) is 14.0. The molecular weight excluding hydrogens is 232 g/mol. The van der Waals surface area contributed by atoms with E-state index in [0.717, 1.165) is 11.5 Å². The number of rotatable bonds is 2. The maximum atomic E-state index is 6.03. The predicted octanol–water partition coefficient (Wildman–Crippen LogP) is 4.97. The van der Waals surface area contributed by atoms with Gasteiger partial charge in [-0.05, 0) is 74.4 Å². The molecule has 19 heavy (non-hydrogen) atoms. The lowest BCUT2D eigenvalue weighted by molar-refractivity contribution is 0.477. The van der Waals surface area contributed by atoms with Crippen molar-refractivity contribution in [3.05, 3.63) is 58.7 Å². The van der Waals surface area contributed by atoms with E-state index < -0.39 is 0 Å². The van der Waals surface area contributed by atoms with Crippen LogP contribution in [0.4, 0.5) is 0 Å². The van der Waals surface area contributed by atoms with Crippen LogP contribution >= 0.6 is 0 Å². The molecule has 1 aliphatic carbocycles.